The van der Waals surface area contributed by atoms with Gasteiger partial charge in [0.1, 0.15) is 0 Å². The molecule has 0 aromatic heterocycles. The van der Waals surface area contributed by atoms with E-state index in [0.717, 1.165) is 38.6 Å². The van der Waals surface area contributed by atoms with Crippen LogP contribution in [0.5, 0.6) is 0 Å². The zero-order valence-electron chi connectivity index (χ0n) is 11.1. The van der Waals surface area contributed by atoms with E-state index >= 15 is 0 Å². The summed E-state index contributed by atoms with van der Waals surface area (Å²) in [4.78, 5) is 16.5. The van der Waals surface area contributed by atoms with Crippen molar-refractivity contribution in [2.75, 3.05) is 39.3 Å². The van der Waals surface area contributed by atoms with E-state index in [1.807, 2.05) is 0 Å². The fourth-order valence-electron chi connectivity index (χ4n) is 2.65. The van der Waals surface area contributed by atoms with E-state index in [2.05, 4.69) is 29.0 Å². The van der Waals surface area contributed by atoms with E-state index in [1.54, 1.807) is 0 Å². The van der Waals surface area contributed by atoms with Crippen LogP contribution in [-0.2, 0) is 4.79 Å². The van der Waals surface area contributed by atoms with Crippen molar-refractivity contribution in [2.45, 2.75) is 32.7 Å². The van der Waals surface area contributed by atoms with Gasteiger partial charge in [-0.1, -0.05) is 6.92 Å². The molecule has 0 bridgehead atoms. The topological polar surface area (TPSA) is 35.6 Å². The molecule has 2 aliphatic heterocycles. The Hall–Kier alpha value is -0.610. The van der Waals surface area contributed by atoms with Crippen molar-refractivity contribution < 1.29 is 4.79 Å². The minimum atomic E-state index is 0.325. The molecule has 1 amide bonds. The highest BCUT2D eigenvalue weighted by Gasteiger charge is 2.25. The molecule has 17 heavy (non-hydrogen) atoms. The van der Waals surface area contributed by atoms with Crippen LogP contribution < -0.4 is 5.32 Å². The molecule has 2 aliphatic rings. The number of piperazine rings is 1. The first kappa shape index (κ1) is 12.8. The summed E-state index contributed by atoms with van der Waals surface area (Å²) in [5.41, 5.74) is 0. The highest BCUT2D eigenvalue weighted by atomic mass is 16.2. The summed E-state index contributed by atoms with van der Waals surface area (Å²) in [6, 6.07) is 0.483. The van der Waals surface area contributed by atoms with Gasteiger partial charge >= 0.3 is 0 Å². The zero-order chi connectivity index (χ0) is 12.3. The maximum Gasteiger partial charge on any atom is 0.236 e. The SMILES string of the molecule is CC1CCN(C(=O)CN2CCNCC2C)CC1. The average Bonchev–Trinajstić information content (AvgIpc) is 2.33. The molecule has 0 spiro atoms. The molecule has 2 heterocycles. The summed E-state index contributed by atoms with van der Waals surface area (Å²) in [5.74, 6) is 1.11. The van der Waals surface area contributed by atoms with E-state index < -0.39 is 0 Å². The number of hydrogen-bond acceptors (Lipinski definition) is 3. The largest absolute Gasteiger partial charge is 0.342 e. The molecular weight excluding hydrogens is 214 g/mol. The van der Waals surface area contributed by atoms with Gasteiger partial charge in [0, 0.05) is 38.8 Å². The van der Waals surface area contributed by atoms with Crippen LogP contribution in [0.25, 0.3) is 0 Å². The van der Waals surface area contributed by atoms with Crippen LogP contribution in [0.3, 0.4) is 0 Å². The first-order valence-electron chi connectivity index (χ1n) is 6.89. The summed E-state index contributed by atoms with van der Waals surface area (Å²) < 4.78 is 0. The zero-order valence-corrected chi connectivity index (χ0v) is 11.1. The molecule has 1 atom stereocenters. The first-order valence-corrected chi connectivity index (χ1v) is 6.89. The lowest BCUT2D eigenvalue weighted by Gasteiger charge is -2.36. The van der Waals surface area contributed by atoms with Crippen molar-refractivity contribution in [3.05, 3.63) is 0 Å². The van der Waals surface area contributed by atoms with Gasteiger partial charge in [-0.05, 0) is 25.7 Å². The summed E-state index contributed by atoms with van der Waals surface area (Å²) in [6.45, 7) is 10.0. The van der Waals surface area contributed by atoms with Crippen LogP contribution in [0, 0.1) is 5.92 Å². The van der Waals surface area contributed by atoms with Crippen molar-refractivity contribution in [1.82, 2.24) is 15.1 Å². The highest BCUT2D eigenvalue weighted by Crippen LogP contribution is 2.16. The van der Waals surface area contributed by atoms with Gasteiger partial charge in [0.2, 0.25) is 5.91 Å². The Morgan fingerprint density at radius 3 is 2.59 bits per heavy atom. The Labute approximate surface area is 104 Å². The molecule has 4 nitrogen and oxygen atoms in total. The number of amides is 1. The average molecular weight is 239 g/mol. The third kappa shape index (κ3) is 3.42. The van der Waals surface area contributed by atoms with Gasteiger partial charge in [0.05, 0.1) is 6.54 Å². The van der Waals surface area contributed by atoms with Crippen molar-refractivity contribution in [3.8, 4) is 0 Å². The molecule has 98 valence electrons. The van der Waals surface area contributed by atoms with Gasteiger partial charge in [-0.2, -0.15) is 0 Å². The van der Waals surface area contributed by atoms with Crippen molar-refractivity contribution in [2.24, 2.45) is 5.92 Å². The van der Waals surface area contributed by atoms with Gasteiger partial charge in [0.15, 0.2) is 0 Å². The lowest BCUT2D eigenvalue weighted by molar-refractivity contribution is -0.134. The first-order chi connectivity index (χ1) is 8.16. The molecule has 1 unspecified atom stereocenters. The van der Waals surface area contributed by atoms with E-state index in [9.17, 15) is 4.79 Å². The summed E-state index contributed by atoms with van der Waals surface area (Å²) in [5, 5.41) is 3.36. The smallest absolute Gasteiger partial charge is 0.236 e. The van der Waals surface area contributed by atoms with E-state index in [0.29, 0.717) is 18.5 Å². The quantitative estimate of drug-likeness (QED) is 0.764. The van der Waals surface area contributed by atoms with Gasteiger partial charge in [-0.25, -0.2) is 0 Å². The predicted molar refractivity (Wildman–Crippen MR) is 68.9 cm³/mol. The van der Waals surface area contributed by atoms with Crippen LogP contribution in [0.4, 0.5) is 0 Å². The van der Waals surface area contributed by atoms with Gasteiger partial charge in [0.25, 0.3) is 0 Å². The molecule has 0 radical (unpaired) electrons. The standard InChI is InChI=1S/C13H25N3O/c1-11-3-6-15(7-4-11)13(17)10-16-8-5-14-9-12(16)2/h11-12,14H,3-10H2,1-2H3. The molecular formula is C13H25N3O. The summed E-state index contributed by atoms with van der Waals surface area (Å²) in [6.07, 6.45) is 2.34. The number of carbonyl (C=O) groups is 1. The molecule has 2 fully saturated rings. The second-order valence-electron chi connectivity index (χ2n) is 5.59. The third-order valence-electron chi connectivity index (χ3n) is 4.11. The fourth-order valence-corrected chi connectivity index (χ4v) is 2.65. The minimum Gasteiger partial charge on any atom is -0.342 e. The predicted octanol–water partition coefficient (Wildman–Crippen LogP) is 0.539. The lowest BCUT2D eigenvalue weighted by Crippen LogP contribution is -2.53. The van der Waals surface area contributed by atoms with Gasteiger partial charge < -0.3 is 10.2 Å². The molecule has 4 heteroatoms. The number of nitrogens with zero attached hydrogens (tertiary/aromatic N) is 2. The Morgan fingerprint density at radius 1 is 1.24 bits per heavy atom. The number of carbonyl (C=O) groups excluding carboxylic acids is 1. The number of nitrogens with one attached hydrogen (secondary N) is 1. The Kier molecular flexibility index (Phi) is 4.40. The monoisotopic (exact) mass is 239 g/mol. The molecule has 0 aromatic carbocycles. The molecule has 2 rings (SSSR count). The molecule has 0 aromatic rings. The lowest BCUT2D eigenvalue weighted by atomic mass is 9.99. The van der Waals surface area contributed by atoms with Crippen molar-refractivity contribution in [3.63, 3.8) is 0 Å². The van der Waals surface area contributed by atoms with Crippen molar-refractivity contribution in [1.29, 1.82) is 0 Å². The van der Waals surface area contributed by atoms with Crippen LogP contribution in [0.1, 0.15) is 26.7 Å². The van der Waals surface area contributed by atoms with E-state index in [-0.39, 0.29) is 0 Å². The summed E-state index contributed by atoms with van der Waals surface area (Å²) >= 11 is 0. The number of piperidine rings is 1. The molecule has 2 saturated heterocycles. The van der Waals surface area contributed by atoms with Crippen LogP contribution in [-0.4, -0.2) is 61.0 Å². The second kappa shape index (κ2) is 5.83. The molecule has 0 aliphatic carbocycles. The van der Waals surface area contributed by atoms with E-state index in [4.69, 9.17) is 0 Å². The molecule has 1 N–H and O–H groups in total. The van der Waals surface area contributed by atoms with Gasteiger partial charge in [-0.15, -0.1) is 0 Å². The Balaban J connectivity index is 1.79. The number of hydrogen-bond donors (Lipinski definition) is 1. The second-order valence-corrected chi connectivity index (χ2v) is 5.59. The molecule has 0 saturated carbocycles. The van der Waals surface area contributed by atoms with Crippen LogP contribution >= 0.6 is 0 Å². The summed E-state index contributed by atoms with van der Waals surface area (Å²) in [7, 11) is 0. The highest BCUT2D eigenvalue weighted by molar-refractivity contribution is 5.78. The van der Waals surface area contributed by atoms with Gasteiger partial charge in [-0.3, -0.25) is 9.69 Å². The number of rotatable bonds is 2. The van der Waals surface area contributed by atoms with Crippen LogP contribution in [0.2, 0.25) is 0 Å². The maximum absolute atomic E-state index is 12.2. The Morgan fingerprint density at radius 2 is 1.94 bits per heavy atom. The van der Waals surface area contributed by atoms with E-state index in [1.165, 1.54) is 12.8 Å². The Bertz CT molecular complexity index is 261. The maximum atomic E-state index is 12.2. The number of likely N-dealkylation sites (tertiary alicyclic amines) is 1. The fraction of sp³-hybridized carbons (Fsp3) is 0.923. The van der Waals surface area contributed by atoms with Crippen LogP contribution in [0.15, 0.2) is 0 Å². The normalized spacial score (nSPS) is 28.4. The minimum absolute atomic E-state index is 0.325. The third-order valence-corrected chi connectivity index (χ3v) is 4.11. The van der Waals surface area contributed by atoms with Crippen molar-refractivity contribution >= 4 is 5.91 Å².